The van der Waals surface area contributed by atoms with Crippen LogP contribution in [0.4, 0.5) is 0 Å². The molecule has 0 aliphatic heterocycles. The average molecular weight is 189 g/mol. The van der Waals surface area contributed by atoms with Gasteiger partial charge < -0.3 is 0 Å². The zero-order valence-corrected chi connectivity index (χ0v) is 9.07. The van der Waals surface area contributed by atoms with Crippen molar-refractivity contribution in [3.63, 3.8) is 0 Å². The fourth-order valence-corrected chi connectivity index (χ4v) is 1.64. The molecule has 74 valence electrons. The number of aryl methyl sites for hydroxylation is 1. The molecular formula is C11H15N3. The van der Waals surface area contributed by atoms with E-state index in [2.05, 4.69) is 36.9 Å². The topological polar surface area (TPSA) is 30.7 Å². The van der Waals surface area contributed by atoms with Crippen molar-refractivity contribution in [2.24, 2.45) is 7.05 Å². The maximum Gasteiger partial charge on any atom is 0.157 e. The van der Waals surface area contributed by atoms with E-state index in [4.69, 9.17) is 0 Å². The highest BCUT2D eigenvalue weighted by Gasteiger charge is 2.21. The van der Waals surface area contributed by atoms with Crippen molar-refractivity contribution < 1.29 is 0 Å². The maximum absolute atomic E-state index is 4.52. The molecule has 3 nitrogen and oxygen atoms in total. The maximum atomic E-state index is 4.52. The van der Waals surface area contributed by atoms with E-state index < -0.39 is 0 Å². The molecule has 3 heteroatoms. The first-order chi connectivity index (χ1) is 6.50. The molecule has 0 N–H and O–H groups in total. The van der Waals surface area contributed by atoms with Crippen LogP contribution in [0.15, 0.2) is 18.3 Å². The molecule has 0 fully saturated rings. The summed E-state index contributed by atoms with van der Waals surface area (Å²) >= 11 is 0. The van der Waals surface area contributed by atoms with Crippen LogP contribution < -0.4 is 0 Å². The summed E-state index contributed by atoms with van der Waals surface area (Å²) in [7, 11) is 1.94. The fraction of sp³-hybridized carbons (Fsp3) is 0.455. The number of hydrogen-bond acceptors (Lipinski definition) is 2. The molecule has 0 atom stereocenters. The van der Waals surface area contributed by atoms with Gasteiger partial charge in [0.15, 0.2) is 5.65 Å². The summed E-state index contributed by atoms with van der Waals surface area (Å²) in [5.41, 5.74) is 2.14. The molecule has 0 unspecified atom stereocenters. The quantitative estimate of drug-likeness (QED) is 0.636. The van der Waals surface area contributed by atoms with Gasteiger partial charge in [0, 0.05) is 24.0 Å². The minimum absolute atomic E-state index is 0.0720. The predicted octanol–water partition coefficient (Wildman–Crippen LogP) is 2.27. The molecule has 0 amide bonds. The van der Waals surface area contributed by atoms with Gasteiger partial charge in [-0.3, -0.25) is 4.68 Å². The van der Waals surface area contributed by atoms with Crippen LogP contribution in [0.2, 0.25) is 0 Å². The van der Waals surface area contributed by atoms with Crippen LogP contribution in [0.1, 0.15) is 26.5 Å². The first kappa shape index (κ1) is 9.19. The molecule has 0 saturated carbocycles. The largest absolute Gasteiger partial charge is 0.250 e. The van der Waals surface area contributed by atoms with Gasteiger partial charge in [0.05, 0.1) is 5.69 Å². The summed E-state index contributed by atoms with van der Waals surface area (Å²) in [6.45, 7) is 6.51. The van der Waals surface area contributed by atoms with Gasteiger partial charge in [-0.2, -0.15) is 5.10 Å². The Bertz CT molecular complexity index is 463. The minimum Gasteiger partial charge on any atom is -0.250 e. The van der Waals surface area contributed by atoms with Crippen molar-refractivity contribution >= 4 is 11.0 Å². The van der Waals surface area contributed by atoms with Gasteiger partial charge in [-0.25, -0.2) is 4.98 Å². The molecule has 2 aromatic heterocycles. The number of aromatic nitrogens is 3. The van der Waals surface area contributed by atoms with Crippen LogP contribution in [0.3, 0.4) is 0 Å². The average Bonchev–Trinajstić information content (AvgIpc) is 2.44. The van der Waals surface area contributed by atoms with Gasteiger partial charge in [0.2, 0.25) is 0 Å². The van der Waals surface area contributed by atoms with Crippen molar-refractivity contribution in [2.45, 2.75) is 26.2 Å². The molecule has 2 aromatic rings. The van der Waals surface area contributed by atoms with Crippen molar-refractivity contribution in [3.8, 4) is 0 Å². The molecule has 14 heavy (non-hydrogen) atoms. The Hall–Kier alpha value is -1.38. The van der Waals surface area contributed by atoms with Gasteiger partial charge in [-0.1, -0.05) is 20.8 Å². The van der Waals surface area contributed by atoms with Crippen LogP contribution >= 0.6 is 0 Å². The highest BCUT2D eigenvalue weighted by Crippen LogP contribution is 2.27. The monoisotopic (exact) mass is 189 g/mol. The Morgan fingerprint density at radius 1 is 1.29 bits per heavy atom. The lowest BCUT2D eigenvalue weighted by Gasteiger charge is -2.15. The van der Waals surface area contributed by atoms with E-state index in [1.807, 2.05) is 17.8 Å². The Morgan fingerprint density at radius 2 is 2.00 bits per heavy atom. The van der Waals surface area contributed by atoms with Gasteiger partial charge in [0.1, 0.15) is 0 Å². The second kappa shape index (κ2) is 2.80. The Labute approximate surface area is 83.8 Å². The Morgan fingerprint density at radius 3 is 2.64 bits per heavy atom. The van der Waals surface area contributed by atoms with Crippen molar-refractivity contribution in [3.05, 3.63) is 24.0 Å². The molecule has 2 heterocycles. The SMILES string of the molecule is Cn1nc(C(C)(C)C)c2cccnc21. The zero-order valence-electron chi connectivity index (χ0n) is 9.07. The zero-order chi connectivity index (χ0) is 10.3. The van der Waals surface area contributed by atoms with Crippen molar-refractivity contribution in [1.82, 2.24) is 14.8 Å². The van der Waals surface area contributed by atoms with Gasteiger partial charge in [-0.15, -0.1) is 0 Å². The predicted molar refractivity (Wildman–Crippen MR) is 57.2 cm³/mol. The third kappa shape index (κ3) is 1.29. The summed E-state index contributed by atoms with van der Waals surface area (Å²) in [6.07, 6.45) is 1.80. The summed E-state index contributed by atoms with van der Waals surface area (Å²) in [6, 6.07) is 4.04. The first-order valence-electron chi connectivity index (χ1n) is 4.78. The van der Waals surface area contributed by atoms with Crippen LogP contribution in [-0.4, -0.2) is 14.8 Å². The molecule has 0 bridgehead atoms. The number of nitrogens with zero attached hydrogens (tertiary/aromatic N) is 3. The van der Waals surface area contributed by atoms with Crippen molar-refractivity contribution in [2.75, 3.05) is 0 Å². The van der Waals surface area contributed by atoms with E-state index in [1.165, 1.54) is 0 Å². The Balaban J connectivity index is 2.80. The lowest BCUT2D eigenvalue weighted by Crippen LogP contribution is -2.12. The third-order valence-corrected chi connectivity index (χ3v) is 2.31. The van der Waals surface area contributed by atoms with E-state index in [-0.39, 0.29) is 5.41 Å². The van der Waals surface area contributed by atoms with Crippen LogP contribution in [0.25, 0.3) is 11.0 Å². The first-order valence-corrected chi connectivity index (χ1v) is 4.78. The lowest BCUT2D eigenvalue weighted by atomic mass is 9.90. The highest BCUT2D eigenvalue weighted by atomic mass is 15.3. The highest BCUT2D eigenvalue weighted by molar-refractivity contribution is 5.79. The number of fused-ring (bicyclic) bond motifs is 1. The molecule has 0 saturated heterocycles. The van der Waals surface area contributed by atoms with Gasteiger partial charge >= 0.3 is 0 Å². The normalized spacial score (nSPS) is 12.3. The van der Waals surface area contributed by atoms with Crippen LogP contribution in [0, 0.1) is 0 Å². The Kier molecular flexibility index (Phi) is 1.84. The van der Waals surface area contributed by atoms with E-state index >= 15 is 0 Å². The van der Waals surface area contributed by atoms with Gasteiger partial charge in [0.25, 0.3) is 0 Å². The van der Waals surface area contributed by atoms with Crippen LogP contribution in [0.5, 0.6) is 0 Å². The standard InChI is InChI=1S/C11H15N3/c1-11(2,3)9-8-6-5-7-12-10(8)14(4)13-9/h5-7H,1-4H3. The molecule has 0 radical (unpaired) electrons. The second-order valence-corrected chi connectivity index (χ2v) is 4.60. The summed E-state index contributed by atoms with van der Waals surface area (Å²) < 4.78 is 1.84. The third-order valence-electron chi connectivity index (χ3n) is 2.31. The van der Waals surface area contributed by atoms with E-state index in [9.17, 15) is 0 Å². The van der Waals surface area contributed by atoms with Crippen molar-refractivity contribution in [1.29, 1.82) is 0 Å². The molecule has 0 spiro atoms. The summed E-state index contributed by atoms with van der Waals surface area (Å²) in [5, 5.41) is 5.67. The summed E-state index contributed by atoms with van der Waals surface area (Å²) in [4.78, 5) is 4.32. The smallest absolute Gasteiger partial charge is 0.157 e. The van der Waals surface area contributed by atoms with Crippen LogP contribution in [-0.2, 0) is 12.5 Å². The van der Waals surface area contributed by atoms with E-state index in [1.54, 1.807) is 6.20 Å². The fourth-order valence-electron chi connectivity index (χ4n) is 1.64. The number of rotatable bonds is 0. The molecule has 0 aliphatic carbocycles. The number of hydrogen-bond donors (Lipinski definition) is 0. The molecule has 2 rings (SSSR count). The minimum atomic E-state index is 0.0720. The number of pyridine rings is 1. The molecule has 0 aromatic carbocycles. The summed E-state index contributed by atoms with van der Waals surface area (Å²) in [5.74, 6) is 0. The molecule has 0 aliphatic rings. The second-order valence-electron chi connectivity index (χ2n) is 4.60. The van der Waals surface area contributed by atoms with E-state index in [0.717, 1.165) is 16.7 Å². The lowest BCUT2D eigenvalue weighted by molar-refractivity contribution is 0.558. The van der Waals surface area contributed by atoms with E-state index in [0.29, 0.717) is 0 Å². The van der Waals surface area contributed by atoms with Gasteiger partial charge in [-0.05, 0) is 12.1 Å². The molecular weight excluding hydrogens is 174 g/mol.